The van der Waals surface area contributed by atoms with Crippen molar-refractivity contribution in [3.63, 3.8) is 0 Å². The Kier molecular flexibility index (Phi) is 5.64. The molecule has 0 bridgehead atoms. The molecule has 152 valence electrons. The molecule has 4 aromatic rings. The minimum Gasteiger partial charge on any atom is -0.342 e. The van der Waals surface area contributed by atoms with Gasteiger partial charge < -0.3 is 4.57 Å². The van der Waals surface area contributed by atoms with Crippen LogP contribution in [-0.4, -0.2) is 21.2 Å². The summed E-state index contributed by atoms with van der Waals surface area (Å²) in [5.74, 6) is -1.33. The topological polar surface area (TPSA) is 64.0 Å². The lowest BCUT2D eigenvalue weighted by Crippen LogP contribution is -2.22. The molecule has 0 radical (unpaired) electrons. The number of nitrogens with one attached hydrogen (secondary N) is 1. The third-order valence-corrected chi connectivity index (χ3v) is 6.42. The zero-order chi connectivity index (χ0) is 21.4. The van der Waals surface area contributed by atoms with E-state index in [1.807, 2.05) is 48.7 Å². The molecule has 2 heterocycles. The van der Waals surface area contributed by atoms with E-state index in [1.165, 1.54) is 11.3 Å². The molecule has 5 nitrogen and oxygen atoms in total. The van der Waals surface area contributed by atoms with Crippen LogP contribution in [0, 0.1) is 13.8 Å². The van der Waals surface area contributed by atoms with Crippen molar-refractivity contribution in [2.45, 2.75) is 20.4 Å². The van der Waals surface area contributed by atoms with Gasteiger partial charge in [-0.25, -0.2) is 4.98 Å². The largest absolute Gasteiger partial charge is 0.342 e. The van der Waals surface area contributed by atoms with E-state index in [0.717, 1.165) is 21.7 Å². The normalized spacial score (nSPS) is 11.1. The number of benzene rings is 2. The van der Waals surface area contributed by atoms with E-state index in [1.54, 1.807) is 18.3 Å². The molecule has 1 N–H and O–H groups in total. The van der Waals surface area contributed by atoms with Crippen LogP contribution < -0.4 is 5.32 Å². The molecule has 0 aliphatic heterocycles. The summed E-state index contributed by atoms with van der Waals surface area (Å²) in [5.41, 5.74) is 2.86. The Labute approximate surface area is 187 Å². The molecule has 1 amide bonds. The molecule has 2 aromatic carbocycles. The van der Waals surface area contributed by atoms with Gasteiger partial charge in [0.1, 0.15) is 0 Å². The summed E-state index contributed by atoms with van der Waals surface area (Å²) in [5, 5.41) is 4.83. The van der Waals surface area contributed by atoms with Crippen LogP contribution in [0.25, 0.3) is 10.9 Å². The summed E-state index contributed by atoms with van der Waals surface area (Å²) < 4.78 is 1.91. The smallest absolute Gasteiger partial charge is 0.298 e. The average molecular weight is 458 g/mol. The molecule has 0 unspecified atom stereocenters. The lowest BCUT2D eigenvalue weighted by atomic mass is 10.1. The number of aryl methyl sites for hydroxylation is 2. The number of hydrogen-bond acceptors (Lipinski definition) is 4. The molecule has 0 fully saturated rings. The number of hydrogen-bond donors (Lipinski definition) is 1. The van der Waals surface area contributed by atoms with Crippen molar-refractivity contribution in [3.8, 4) is 0 Å². The van der Waals surface area contributed by atoms with Crippen LogP contribution in [0.4, 0.5) is 5.13 Å². The average Bonchev–Trinajstić information content (AvgIpc) is 3.23. The van der Waals surface area contributed by atoms with Gasteiger partial charge in [-0.1, -0.05) is 47.5 Å². The third-order valence-electron chi connectivity index (χ3n) is 4.84. The Morgan fingerprint density at radius 3 is 2.60 bits per heavy atom. The first-order valence-corrected chi connectivity index (χ1v) is 10.7. The number of carbonyl (C=O) groups is 2. The zero-order valence-electron chi connectivity index (χ0n) is 16.2. The lowest BCUT2D eigenvalue weighted by Gasteiger charge is -2.08. The number of nitrogens with zero attached hydrogens (tertiary/aromatic N) is 2. The first-order chi connectivity index (χ1) is 14.3. The van der Waals surface area contributed by atoms with E-state index in [9.17, 15) is 9.59 Å². The second kappa shape index (κ2) is 8.22. The number of carbonyl (C=O) groups excluding carboxylic acids is 2. The number of halogens is 2. The molecule has 2 aromatic heterocycles. The Bertz CT molecular complexity index is 1270. The molecule has 0 saturated carbocycles. The maximum atomic E-state index is 12.9. The Morgan fingerprint density at radius 1 is 1.13 bits per heavy atom. The quantitative estimate of drug-likeness (QED) is 0.300. The highest BCUT2D eigenvalue weighted by atomic mass is 35.5. The molecule has 0 spiro atoms. The Balaban J connectivity index is 1.67. The van der Waals surface area contributed by atoms with E-state index in [2.05, 4.69) is 10.3 Å². The van der Waals surface area contributed by atoms with Gasteiger partial charge in [-0.2, -0.15) is 0 Å². The summed E-state index contributed by atoms with van der Waals surface area (Å²) in [6, 6.07) is 12.8. The standard InChI is InChI=1S/C22H17Cl2N3O2S/c1-12-13(2)30-22(25-12)26-21(29)20(28)17-11-27(19-6-4-3-5-16(17)19)10-14-7-8-15(23)9-18(14)24/h3-9,11H,10H2,1-2H3,(H,25,26,29). The number of anilines is 1. The van der Waals surface area contributed by atoms with Crippen LogP contribution >= 0.6 is 34.5 Å². The van der Waals surface area contributed by atoms with Crippen molar-refractivity contribution in [3.05, 3.63) is 80.4 Å². The fourth-order valence-corrected chi connectivity index (χ4v) is 4.47. The van der Waals surface area contributed by atoms with E-state index in [-0.39, 0.29) is 0 Å². The molecular formula is C22H17Cl2N3O2S. The predicted molar refractivity (Wildman–Crippen MR) is 122 cm³/mol. The van der Waals surface area contributed by atoms with E-state index in [0.29, 0.717) is 32.7 Å². The monoisotopic (exact) mass is 457 g/mol. The first kappa shape index (κ1) is 20.6. The number of amides is 1. The van der Waals surface area contributed by atoms with E-state index < -0.39 is 11.7 Å². The number of ketones is 1. The number of aromatic nitrogens is 2. The molecule has 0 aliphatic rings. The van der Waals surface area contributed by atoms with Gasteiger partial charge in [-0.3, -0.25) is 14.9 Å². The minimum absolute atomic E-state index is 0.332. The molecule has 30 heavy (non-hydrogen) atoms. The Hall–Kier alpha value is -2.67. The molecule has 0 atom stereocenters. The summed E-state index contributed by atoms with van der Waals surface area (Å²) >= 11 is 13.7. The molecule has 4 rings (SSSR count). The van der Waals surface area contributed by atoms with Gasteiger partial charge in [0, 0.05) is 38.6 Å². The van der Waals surface area contributed by atoms with Crippen molar-refractivity contribution >= 4 is 62.3 Å². The molecular weight excluding hydrogens is 441 g/mol. The van der Waals surface area contributed by atoms with Crippen LogP contribution in [0.5, 0.6) is 0 Å². The molecule has 0 saturated heterocycles. The van der Waals surface area contributed by atoms with Crippen LogP contribution in [-0.2, 0) is 11.3 Å². The molecule has 0 aliphatic carbocycles. The lowest BCUT2D eigenvalue weighted by molar-refractivity contribution is -0.112. The fraction of sp³-hybridized carbons (Fsp3) is 0.136. The van der Waals surface area contributed by atoms with Gasteiger partial charge in [0.15, 0.2) is 5.13 Å². The van der Waals surface area contributed by atoms with Crippen molar-refractivity contribution < 1.29 is 9.59 Å². The van der Waals surface area contributed by atoms with Gasteiger partial charge in [-0.15, -0.1) is 11.3 Å². The number of thiazole rings is 1. The van der Waals surface area contributed by atoms with E-state index in [4.69, 9.17) is 23.2 Å². The maximum Gasteiger partial charge on any atom is 0.298 e. The highest BCUT2D eigenvalue weighted by Crippen LogP contribution is 2.27. The predicted octanol–water partition coefficient (Wildman–Crippen LogP) is 5.89. The number of para-hydroxylation sites is 1. The number of Topliss-reactive ketones (excluding diaryl/α,β-unsaturated/α-hetero) is 1. The summed E-state index contributed by atoms with van der Waals surface area (Å²) in [7, 11) is 0. The van der Waals surface area contributed by atoms with Crippen molar-refractivity contribution in [1.29, 1.82) is 0 Å². The van der Waals surface area contributed by atoms with Crippen LogP contribution in [0.2, 0.25) is 10.0 Å². The summed E-state index contributed by atoms with van der Waals surface area (Å²) in [6.45, 7) is 4.22. The summed E-state index contributed by atoms with van der Waals surface area (Å²) in [4.78, 5) is 30.8. The van der Waals surface area contributed by atoms with Crippen molar-refractivity contribution in [2.75, 3.05) is 5.32 Å². The van der Waals surface area contributed by atoms with Gasteiger partial charge in [0.05, 0.1) is 11.3 Å². The van der Waals surface area contributed by atoms with Crippen molar-refractivity contribution in [1.82, 2.24) is 9.55 Å². The highest BCUT2D eigenvalue weighted by Gasteiger charge is 2.23. The number of fused-ring (bicyclic) bond motifs is 1. The van der Waals surface area contributed by atoms with Gasteiger partial charge in [0.25, 0.3) is 11.7 Å². The second-order valence-corrected chi connectivity index (χ2v) is 8.91. The third kappa shape index (κ3) is 3.99. The highest BCUT2D eigenvalue weighted by molar-refractivity contribution is 7.15. The van der Waals surface area contributed by atoms with Crippen molar-refractivity contribution in [2.24, 2.45) is 0 Å². The molecule has 8 heteroatoms. The maximum absolute atomic E-state index is 12.9. The van der Waals surface area contributed by atoms with Gasteiger partial charge in [-0.05, 0) is 37.6 Å². The van der Waals surface area contributed by atoms with Crippen LogP contribution in [0.1, 0.15) is 26.5 Å². The SMILES string of the molecule is Cc1nc(NC(=O)C(=O)c2cn(Cc3ccc(Cl)cc3Cl)c3ccccc23)sc1C. The van der Waals surface area contributed by atoms with Crippen LogP contribution in [0.15, 0.2) is 48.7 Å². The zero-order valence-corrected chi connectivity index (χ0v) is 18.5. The fourth-order valence-electron chi connectivity index (χ4n) is 3.19. The van der Waals surface area contributed by atoms with Gasteiger partial charge >= 0.3 is 0 Å². The Morgan fingerprint density at radius 2 is 1.90 bits per heavy atom. The van der Waals surface area contributed by atoms with E-state index >= 15 is 0 Å². The number of rotatable bonds is 5. The van der Waals surface area contributed by atoms with Gasteiger partial charge in [0.2, 0.25) is 0 Å². The summed E-state index contributed by atoms with van der Waals surface area (Å²) in [6.07, 6.45) is 1.69. The second-order valence-electron chi connectivity index (χ2n) is 6.87. The van der Waals surface area contributed by atoms with Crippen LogP contribution in [0.3, 0.4) is 0 Å². The first-order valence-electron chi connectivity index (χ1n) is 9.15. The minimum atomic E-state index is -0.712.